The van der Waals surface area contributed by atoms with Crippen molar-refractivity contribution in [3.05, 3.63) is 94.5 Å². The monoisotopic (exact) mass is 400 g/mol. The summed E-state index contributed by atoms with van der Waals surface area (Å²) in [6.45, 7) is 3.04. The highest BCUT2D eigenvalue weighted by Crippen LogP contribution is 2.30. The molecule has 1 aliphatic heterocycles. The van der Waals surface area contributed by atoms with Crippen molar-refractivity contribution in [1.29, 1.82) is 0 Å². The maximum atomic E-state index is 13.0. The van der Waals surface area contributed by atoms with Crippen molar-refractivity contribution in [2.24, 2.45) is 0 Å². The molecule has 0 aliphatic carbocycles. The number of carbonyl (C=O) groups is 2. The van der Waals surface area contributed by atoms with Crippen LogP contribution in [0.25, 0.3) is 0 Å². The Labute approximate surface area is 176 Å². The number of anilines is 1. The summed E-state index contributed by atoms with van der Waals surface area (Å²) in [6.07, 6.45) is 0.837. The first-order chi connectivity index (χ1) is 14.5. The molecule has 0 bridgehead atoms. The Balaban J connectivity index is 1.49. The van der Waals surface area contributed by atoms with E-state index in [-0.39, 0.29) is 11.8 Å². The fourth-order valence-electron chi connectivity index (χ4n) is 3.73. The van der Waals surface area contributed by atoms with Gasteiger partial charge in [0.2, 0.25) is 0 Å². The van der Waals surface area contributed by atoms with Crippen molar-refractivity contribution in [3.63, 3.8) is 0 Å². The largest absolute Gasteiger partial charge is 0.497 e. The lowest BCUT2D eigenvalue weighted by molar-refractivity contribution is 0.0948. The Morgan fingerprint density at radius 1 is 1.00 bits per heavy atom. The molecule has 5 nitrogen and oxygen atoms in total. The van der Waals surface area contributed by atoms with Crippen LogP contribution in [0.1, 0.15) is 37.4 Å². The summed E-state index contributed by atoms with van der Waals surface area (Å²) in [5, 5.41) is 2.94. The predicted octanol–water partition coefficient (Wildman–Crippen LogP) is 4.14. The number of nitrogens with one attached hydrogen (secondary N) is 1. The zero-order chi connectivity index (χ0) is 21.1. The minimum absolute atomic E-state index is 0.00927. The third kappa shape index (κ3) is 4.06. The van der Waals surface area contributed by atoms with Crippen molar-refractivity contribution < 1.29 is 14.3 Å². The van der Waals surface area contributed by atoms with Gasteiger partial charge in [-0.3, -0.25) is 9.59 Å². The van der Waals surface area contributed by atoms with Crippen molar-refractivity contribution in [2.75, 3.05) is 18.6 Å². The summed E-state index contributed by atoms with van der Waals surface area (Å²) in [4.78, 5) is 27.3. The van der Waals surface area contributed by atoms with Gasteiger partial charge in [-0.2, -0.15) is 0 Å². The molecule has 0 unspecified atom stereocenters. The second kappa shape index (κ2) is 8.41. The Morgan fingerprint density at radius 3 is 2.60 bits per heavy atom. The highest BCUT2D eigenvalue weighted by molar-refractivity contribution is 6.07. The molecule has 1 heterocycles. The van der Waals surface area contributed by atoms with Crippen LogP contribution in [0.3, 0.4) is 0 Å². The Hall–Kier alpha value is -3.60. The SMILES string of the molecule is COc1cccc(C(=O)NCc2ccc3c(c2)N(C(=O)c2cccc(C)c2)CC3)c1. The van der Waals surface area contributed by atoms with Gasteiger partial charge in [0.1, 0.15) is 5.75 Å². The number of carbonyl (C=O) groups excluding carboxylic acids is 2. The minimum Gasteiger partial charge on any atom is -0.497 e. The molecule has 3 aromatic rings. The second-order valence-electron chi connectivity index (χ2n) is 7.45. The van der Waals surface area contributed by atoms with E-state index in [4.69, 9.17) is 4.74 Å². The summed E-state index contributed by atoms with van der Waals surface area (Å²) in [6, 6.07) is 20.8. The standard InChI is InChI=1S/C25H24N2O3/c1-17-5-3-7-21(13-17)25(29)27-12-11-19-10-9-18(14-23(19)27)16-26-24(28)20-6-4-8-22(15-20)30-2/h3-10,13-15H,11-12,16H2,1-2H3,(H,26,28). The van der Waals surface area contributed by atoms with Crippen LogP contribution in [0.15, 0.2) is 66.7 Å². The van der Waals surface area contributed by atoms with E-state index in [1.165, 1.54) is 0 Å². The Kier molecular flexibility index (Phi) is 5.53. The molecule has 0 aromatic heterocycles. The molecule has 4 rings (SSSR count). The van der Waals surface area contributed by atoms with Crippen LogP contribution in [-0.2, 0) is 13.0 Å². The first kappa shape index (κ1) is 19.7. The second-order valence-corrected chi connectivity index (χ2v) is 7.45. The van der Waals surface area contributed by atoms with Gasteiger partial charge in [0.05, 0.1) is 7.11 Å². The molecule has 0 saturated heterocycles. The van der Waals surface area contributed by atoms with E-state index < -0.39 is 0 Å². The van der Waals surface area contributed by atoms with Crippen LogP contribution >= 0.6 is 0 Å². The van der Waals surface area contributed by atoms with E-state index in [1.54, 1.807) is 31.4 Å². The molecule has 2 amide bonds. The highest BCUT2D eigenvalue weighted by atomic mass is 16.5. The van der Waals surface area contributed by atoms with Gasteiger partial charge in [0.15, 0.2) is 0 Å². The van der Waals surface area contributed by atoms with Gasteiger partial charge >= 0.3 is 0 Å². The van der Waals surface area contributed by atoms with Gasteiger partial charge in [0.25, 0.3) is 11.8 Å². The average Bonchev–Trinajstić information content (AvgIpc) is 3.20. The lowest BCUT2D eigenvalue weighted by atomic mass is 10.1. The number of hydrogen-bond acceptors (Lipinski definition) is 3. The molecule has 0 saturated carbocycles. The number of hydrogen-bond donors (Lipinski definition) is 1. The molecule has 152 valence electrons. The van der Waals surface area contributed by atoms with E-state index in [9.17, 15) is 9.59 Å². The molecular formula is C25H24N2O3. The van der Waals surface area contributed by atoms with Crippen LogP contribution in [0.4, 0.5) is 5.69 Å². The quantitative estimate of drug-likeness (QED) is 0.700. The smallest absolute Gasteiger partial charge is 0.258 e. The number of nitrogens with zero attached hydrogens (tertiary/aromatic N) is 1. The zero-order valence-electron chi connectivity index (χ0n) is 17.1. The van der Waals surface area contributed by atoms with Crippen LogP contribution in [-0.4, -0.2) is 25.5 Å². The highest BCUT2D eigenvalue weighted by Gasteiger charge is 2.26. The lowest BCUT2D eigenvalue weighted by Crippen LogP contribution is -2.29. The lowest BCUT2D eigenvalue weighted by Gasteiger charge is -2.18. The molecule has 0 spiro atoms. The number of fused-ring (bicyclic) bond motifs is 1. The number of benzene rings is 3. The predicted molar refractivity (Wildman–Crippen MR) is 117 cm³/mol. The zero-order valence-corrected chi connectivity index (χ0v) is 17.1. The average molecular weight is 400 g/mol. The number of amides is 2. The fourth-order valence-corrected chi connectivity index (χ4v) is 3.73. The van der Waals surface area contributed by atoms with Gasteiger partial charge in [-0.25, -0.2) is 0 Å². The third-order valence-corrected chi connectivity index (χ3v) is 5.34. The summed E-state index contributed by atoms with van der Waals surface area (Å²) < 4.78 is 5.18. The van der Waals surface area contributed by atoms with Crippen LogP contribution in [0, 0.1) is 6.92 Å². The Bertz CT molecular complexity index is 1110. The molecule has 0 fully saturated rings. The molecule has 3 aromatic carbocycles. The van der Waals surface area contributed by atoms with Crippen molar-refractivity contribution in [1.82, 2.24) is 5.32 Å². The van der Waals surface area contributed by atoms with Crippen molar-refractivity contribution in [3.8, 4) is 5.75 Å². The topological polar surface area (TPSA) is 58.6 Å². The molecule has 30 heavy (non-hydrogen) atoms. The first-order valence-electron chi connectivity index (χ1n) is 9.98. The fraction of sp³-hybridized carbons (Fsp3) is 0.200. The first-order valence-corrected chi connectivity index (χ1v) is 9.98. The summed E-state index contributed by atoms with van der Waals surface area (Å²) in [5.41, 5.74) is 5.34. The molecule has 0 atom stereocenters. The molecule has 1 aliphatic rings. The maximum absolute atomic E-state index is 13.0. The molecule has 5 heteroatoms. The van der Waals surface area contributed by atoms with E-state index in [1.807, 2.05) is 54.3 Å². The van der Waals surface area contributed by atoms with Gasteiger partial charge in [-0.05, 0) is 60.9 Å². The number of aryl methyl sites for hydroxylation is 1. The Morgan fingerprint density at radius 2 is 1.80 bits per heavy atom. The van der Waals surface area contributed by atoms with E-state index >= 15 is 0 Å². The van der Waals surface area contributed by atoms with Gasteiger partial charge < -0.3 is 15.0 Å². The molecule has 1 N–H and O–H groups in total. The molecular weight excluding hydrogens is 376 g/mol. The van der Waals surface area contributed by atoms with Crippen molar-refractivity contribution >= 4 is 17.5 Å². The van der Waals surface area contributed by atoms with E-state index in [2.05, 4.69) is 5.32 Å². The van der Waals surface area contributed by atoms with Crippen LogP contribution in [0.5, 0.6) is 5.75 Å². The van der Waals surface area contributed by atoms with E-state index in [0.717, 1.165) is 28.8 Å². The summed E-state index contributed by atoms with van der Waals surface area (Å²) in [5.74, 6) is 0.489. The molecule has 0 radical (unpaired) electrons. The number of rotatable bonds is 5. The minimum atomic E-state index is -0.165. The summed E-state index contributed by atoms with van der Waals surface area (Å²) in [7, 11) is 1.57. The third-order valence-electron chi connectivity index (χ3n) is 5.34. The summed E-state index contributed by atoms with van der Waals surface area (Å²) >= 11 is 0. The van der Waals surface area contributed by atoms with Crippen molar-refractivity contribution in [2.45, 2.75) is 19.9 Å². The van der Waals surface area contributed by atoms with Gasteiger partial charge in [0, 0.05) is 29.9 Å². The maximum Gasteiger partial charge on any atom is 0.258 e. The van der Waals surface area contributed by atoms with Gasteiger partial charge in [-0.1, -0.05) is 35.9 Å². The normalized spacial score (nSPS) is 12.4. The van der Waals surface area contributed by atoms with Gasteiger partial charge in [-0.15, -0.1) is 0 Å². The van der Waals surface area contributed by atoms with E-state index in [0.29, 0.717) is 30.0 Å². The number of methoxy groups -OCH3 is 1. The van der Waals surface area contributed by atoms with Crippen LogP contribution in [0.2, 0.25) is 0 Å². The number of ether oxygens (including phenoxy) is 1. The van der Waals surface area contributed by atoms with Crippen LogP contribution < -0.4 is 15.0 Å².